The van der Waals surface area contributed by atoms with Crippen LogP contribution in [0.4, 0.5) is 0 Å². The number of nitrogens with zero attached hydrogens (tertiary/aromatic N) is 4. The molecule has 0 amide bonds. The first-order valence-corrected chi connectivity index (χ1v) is 20.3. The van der Waals surface area contributed by atoms with Crippen molar-refractivity contribution < 1.29 is 0 Å². The molecular weight excluding hydrogens is 729 g/mol. The lowest BCUT2D eigenvalue weighted by Crippen LogP contribution is -2.01. The molecule has 12 aromatic rings. The number of aromatic nitrogens is 4. The van der Waals surface area contributed by atoms with Crippen molar-refractivity contribution in [2.45, 2.75) is 0 Å². The summed E-state index contributed by atoms with van der Waals surface area (Å²) in [5.74, 6) is 1.85. The topological polar surface area (TPSA) is 51.6 Å². The van der Waals surface area contributed by atoms with Crippen LogP contribution in [0.1, 0.15) is 0 Å². The van der Waals surface area contributed by atoms with Gasteiger partial charge in [0.1, 0.15) is 0 Å². The van der Waals surface area contributed by atoms with E-state index >= 15 is 0 Å². The van der Waals surface area contributed by atoms with Crippen molar-refractivity contribution in [2.24, 2.45) is 0 Å². The van der Waals surface area contributed by atoms with E-state index in [1.54, 1.807) is 0 Å². The Morgan fingerprint density at radius 1 is 0.267 bits per heavy atom. The summed E-state index contributed by atoms with van der Waals surface area (Å²) < 4.78 is 0. The van der Waals surface area contributed by atoms with Crippen molar-refractivity contribution in [1.82, 2.24) is 19.9 Å². The standard InChI is InChI=1S/C56H34N4/c1-3-14-37-28-39(25-23-35(37)12-1)54-58-55(40-26-24-36-13-2-4-15-38(36)29-40)60-56(59-54)44-31-42(41-16-11-27-57-34-41)30-43(32-44)51-33-52-47-19-6-5-17-45(47)46-18-7-9-21-49(46)53(52)50-22-10-8-20-48(50)51/h1-34H. The maximum absolute atomic E-state index is 5.29. The number of hydrogen-bond acceptors (Lipinski definition) is 4. The third-order valence-corrected chi connectivity index (χ3v) is 11.9. The second-order valence-electron chi connectivity index (χ2n) is 15.5. The highest BCUT2D eigenvalue weighted by Gasteiger charge is 2.19. The minimum atomic E-state index is 0.602. The van der Waals surface area contributed by atoms with E-state index in [0.717, 1.165) is 49.7 Å². The Balaban J connectivity index is 1.14. The fourth-order valence-electron chi connectivity index (χ4n) is 9.04. The number of pyridine rings is 1. The van der Waals surface area contributed by atoms with Crippen LogP contribution in [0, 0.1) is 0 Å². The van der Waals surface area contributed by atoms with E-state index in [1.165, 1.54) is 53.9 Å². The van der Waals surface area contributed by atoms with E-state index in [9.17, 15) is 0 Å². The lowest BCUT2D eigenvalue weighted by molar-refractivity contribution is 1.08. The van der Waals surface area contributed by atoms with Gasteiger partial charge in [0.2, 0.25) is 0 Å². The first-order chi connectivity index (χ1) is 29.7. The number of hydrogen-bond donors (Lipinski definition) is 0. The summed E-state index contributed by atoms with van der Waals surface area (Å²) in [6.07, 6.45) is 3.74. The van der Waals surface area contributed by atoms with Crippen LogP contribution in [-0.2, 0) is 0 Å². The first kappa shape index (κ1) is 34.0. The molecule has 10 aromatic carbocycles. The number of benzene rings is 10. The summed E-state index contributed by atoms with van der Waals surface area (Å²) in [7, 11) is 0. The molecule has 0 saturated heterocycles. The summed E-state index contributed by atoms with van der Waals surface area (Å²) >= 11 is 0. The van der Waals surface area contributed by atoms with Crippen LogP contribution in [0.5, 0.6) is 0 Å². The van der Waals surface area contributed by atoms with Crippen molar-refractivity contribution in [1.29, 1.82) is 0 Å². The van der Waals surface area contributed by atoms with Crippen LogP contribution >= 0.6 is 0 Å². The van der Waals surface area contributed by atoms with E-state index in [4.69, 9.17) is 15.0 Å². The Morgan fingerprint density at radius 2 is 0.733 bits per heavy atom. The van der Waals surface area contributed by atoms with Gasteiger partial charge in [0, 0.05) is 34.6 Å². The maximum atomic E-state index is 5.29. The predicted octanol–water partition coefficient (Wildman–Crippen LogP) is 14.5. The molecule has 4 nitrogen and oxygen atoms in total. The van der Waals surface area contributed by atoms with E-state index in [1.807, 2.05) is 18.5 Å². The Kier molecular flexibility index (Phi) is 7.82. The molecule has 0 spiro atoms. The van der Waals surface area contributed by atoms with Crippen LogP contribution in [0.15, 0.2) is 207 Å². The molecule has 0 atom stereocenters. The van der Waals surface area contributed by atoms with Crippen LogP contribution in [0.25, 0.3) is 121 Å². The van der Waals surface area contributed by atoms with Gasteiger partial charge < -0.3 is 0 Å². The fraction of sp³-hybridized carbons (Fsp3) is 0. The van der Waals surface area contributed by atoms with E-state index in [-0.39, 0.29) is 0 Å². The molecule has 278 valence electrons. The third kappa shape index (κ3) is 5.69. The maximum Gasteiger partial charge on any atom is 0.164 e. The largest absolute Gasteiger partial charge is 0.264 e. The molecule has 0 unspecified atom stereocenters. The normalized spacial score (nSPS) is 11.7. The summed E-state index contributed by atoms with van der Waals surface area (Å²) in [5.41, 5.74) is 7.02. The van der Waals surface area contributed by atoms with Crippen LogP contribution in [0.3, 0.4) is 0 Å². The van der Waals surface area contributed by atoms with Gasteiger partial charge in [-0.05, 0) is 124 Å². The molecule has 4 heteroatoms. The third-order valence-electron chi connectivity index (χ3n) is 11.9. The van der Waals surface area contributed by atoms with Gasteiger partial charge >= 0.3 is 0 Å². The van der Waals surface area contributed by atoms with Crippen molar-refractivity contribution in [2.75, 3.05) is 0 Å². The van der Waals surface area contributed by atoms with E-state index in [2.05, 4.69) is 193 Å². The zero-order chi connectivity index (χ0) is 39.6. The minimum Gasteiger partial charge on any atom is -0.264 e. The van der Waals surface area contributed by atoms with Crippen molar-refractivity contribution in [3.05, 3.63) is 207 Å². The predicted molar refractivity (Wildman–Crippen MR) is 250 cm³/mol. The lowest BCUT2D eigenvalue weighted by atomic mass is 9.86. The second kappa shape index (κ2) is 13.8. The Bertz CT molecular complexity index is 3570. The number of rotatable bonds is 5. The van der Waals surface area contributed by atoms with Crippen LogP contribution in [0.2, 0.25) is 0 Å². The van der Waals surface area contributed by atoms with Gasteiger partial charge in [0.15, 0.2) is 17.5 Å². The second-order valence-corrected chi connectivity index (χ2v) is 15.5. The van der Waals surface area contributed by atoms with Gasteiger partial charge in [-0.25, -0.2) is 15.0 Å². The Hall–Kier alpha value is -8.08. The van der Waals surface area contributed by atoms with Gasteiger partial charge in [-0.3, -0.25) is 4.98 Å². The van der Waals surface area contributed by atoms with Gasteiger partial charge in [0.25, 0.3) is 0 Å². The highest BCUT2D eigenvalue weighted by molar-refractivity contribution is 6.33. The van der Waals surface area contributed by atoms with Gasteiger partial charge in [0.05, 0.1) is 0 Å². The molecule has 0 aliphatic rings. The Labute approximate surface area is 346 Å². The molecule has 2 heterocycles. The van der Waals surface area contributed by atoms with E-state index < -0.39 is 0 Å². The molecule has 60 heavy (non-hydrogen) atoms. The summed E-state index contributed by atoms with van der Waals surface area (Å²) in [4.78, 5) is 20.3. The fourth-order valence-corrected chi connectivity index (χ4v) is 9.04. The minimum absolute atomic E-state index is 0.602. The van der Waals surface area contributed by atoms with Gasteiger partial charge in [-0.15, -0.1) is 0 Å². The molecular formula is C56H34N4. The average Bonchev–Trinajstić information content (AvgIpc) is 3.33. The van der Waals surface area contributed by atoms with Gasteiger partial charge in [-0.1, -0.05) is 152 Å². The van der Waals surface area contributed by atoms with Gasteiger partial charge in [-0.2, -0.15) is 0 Å². The average molecular weight is 763 g/mol. The zero-order valence-electron chi connectivity index (χ0n) is 32.4. The lowest BCUT2D eigenvalue weighted by Gasteiger charge is -2.17. The summed E-state index contributed by atoms with van der Waals surface area (Å²) in [5, 5.41) is 14.5. The molecule has 12 rings (SSSR count). The van der Waals surface area contributed by atoms with E-state index in [0.29, 0.717) is 17.5 Å². The van der Waals surface area contributed by atoms with Crippen molar-refractivity contribution >= 4 is 64.6 Å². The SMILES string of the molecule is c1cncc(-c2cc(-c3nc(-c4ccc5ccccc5c4)nc(-c4ccc5ccccc5c4)n3)cc(-c3cc4c5ccccc5c5ccccc5c4c4ccccc34)c2)c1. The monoisotopic (exact) mass is 762 g/mol. The molecule has 0 aliphatic carbocycles. The molecule has 2 aromatic heterocycles. The van der Waals surface area contributed by atoms with Crippen LogP contribution < -0.4 is 0 Å². The first-order valence-electron chi connectivity index (χ1n) is 20.3. The highest BCUT2D eigenvalue weighted by Crippen LogP contribution is 2.44. The zero-order valence-corrected chi connectivity index (χ0v) is 32.4. The molecule has 0 radical (unpaired) electrons. The molecule has 0 saturated carbocycles. The summed E-state index contributed by atoms with van der Waals surface area (Å²) in [6.45, 7) is 0. The van der Waals surface area contributed by atoms with Crippen LogP contribution in [-0.4, -0.2) is 19.9 Å². The Morgan fingerprint density at radius 3 is 1.33 bits per heavy atom. The van der Waals surface area contributed by atoms with Crippen molar-refractivity contribution in [3.63, 3.8) is 0 Å². The molecule has 0 N–H and O–H groups in total. The molecule has 0 fully saturated rings. The number of fused-ring (bicyclic) bond motifs is 10. The smallest absolute Gasteiger partial charge is 0.164 e. The highest BCUT2D eigenvalue weighted by atomic mass is 15.0. The molecule has 0 aliphatic heterocycles. The van der Waals surface area contributed by atoms with Crippen molar-refractivity contribution in [3.8, 4) is 56.4 Å². The molecule has 0 bridgehead atoms. The quantitative estimate of drug-likeness (QED) is 0.164. The summed E-state index contributed by atoms with van der Waals surface area (Å²) in [6, 6.07) is 69.3.